The van der Waals surface area contributed by atoms with Gasteiger partial charge in [-0.15, -0.1) is 0 Å². The minimum absolute atomic E-state index is 0.0237. The van der Waals surface area contributed by atoms with Gasteiger partial charge in [-0.2, -0.15) is 0 Å². The largest absolute Gasteiger partial charge is 0.370 e. The summed E-state index contributed by atoms with van der Waals surface area (Å²) in [5, 5.41) is 16.6. The first-order chi connectivity index (χ1) is 6.18. The van der Waals surface area contributed by atoms with Gasteiger partial charge in [-0.05, 0) is 25.7 Å². The summed E-state index contributed by atoms with van der Waals surface area (Å²) in [4.78, 5) is 4.04. The second-order valence-electron chi connectivity index (χ2n) is 3.13. The maximum atomic E-state index is 7.34. The Balaban J connectivity index is 2.43. The molecule has 0 aromatic rings. The maximum Gasteiger partial charge on any atom is 0.221 e. The van der Waals surface area contributed by atoms with E-state index in [0.717, 1.165) is 31.4 Å². The average Bonchev–Trinajstić information content (AvgIpc) is 2.04. The fourth-order valence-corrected chi connectivity index (χ4v) is 1.39. The number of nitrogens with zero attached hydrogens (tertiary/aromatic N) is 1. The van der Waals surface area contributed by atoms with Crippen LogP contribution in [0.25, 0.3) is 0 Å². The number of rotatable bonds is 0. The van der Waals surface area contributed by atoms with Gasteiger partial charge in [0, 0.05) is 5.71 Å². The van der Waals surface area contributed by atoms with E-state index in [4.69, 9.17) is 16.6 Å². The number of guanidine groups is 2. The first kappa shape index (κ1) is 9.70. The molecule has 5 nitrogen and oxygen atoms in total. The average molecular weight is 181 g/mol. The van der Waals surface area contributed by atoms with Crippen molar-refractivity contribution in [3.8, 4) is 0 Å². The monoisotopic (exact) mass is 181 g/mol. The van der Waals surface area contributed by atoms with E-state index in [1.54, 1.807) is 0 Å². The van der Waals surface area contributed by atoms with Crippen LogP contribution in [0, 0.1) is 10.8 Å². The summed E-state index contributed by atoms with van der Waals surface area (Å²) >= 11 is 0. The van der Waals surface area contributed by atoms with E-state index < -0.39 is 0 Å². The van der Waals surface area contributed by atoms with Crippen LogP contribution in [0.1, 0.15) is 32.1 Å². The quantitative estimate of drug-likeness (QED) is 0.328. The third-order valence-electron chi connectivity index (χ3n) is 1.95. The molecule has 72 valence electrons. The predicted molar refractivity (Wildman–Crippen MR) is 53.3 cm³/mol. The van der Waals surface area contributed by atoms with Crippen LogP contribution in [0.5, 0.6) is 0 Å². The number of nitrogens with two attached hydrogens (primary N) is 1. The van der Waals surface area contributed by atoms with Gasteiger partial charge in [-0.1, -0.05) is 6.42 Å². The van der Waals surface area contributed by atoms with Crippen molar-refractivity contribution in [1.29, 1.82) is 10.8 Å². The summed E-state index contributed by atoms with van der Waals surface area (Å²) in [6.45, 7) is 0. The second kappa shape index (κ2) is 4.59. The van der Waals surface area contributed by atoms with Crippen molar-refractivity contribution in [3.05, 3.63) is 0 Å². The smallest absolute Gasteiger partial charge is 0.221 e. The fourth-order valence-electron chi connectivity index (χ4n) is 1.39. The van der Waals surface area contributed by atoms with Gasteiger partial charge >= 0.3 is 0 Å². The van der Waals surface area contributed by atoms with E-state index in [1.807, 2.05) is 0 Å². The highest BCUT2D eigenvalue weighted by atomic mass is 15.2. The summed E-state index contributed by atoms with van der Waals surface area (Å²) in [5.41, 5.74) is 6.11. The SMILES string of the molecule is N=C(N)NC(=N)N=C1CCCCC1. The molecule has 0 spiro atoms. The molecule has 13 heavy (non-hydrogen) atoms. The van der Waals surface area contributed by atoms with E-state index in [0.29, 0.717) is 0 Å². The molecule has 0 aromatic carbocycles. The molecule has 5 N–H and O–H groups in total. The third-order valence-corrected chi connectivity index (χ3v) is 1.95. The van der Waals surface area contributed by atoms with Crippen LogP contribution in [-0.2, 0) is 0 Å². The van der Waals surface area contributed by atoms with Gasteiger partial charge in [0.25, 0.3) is 0 Å². The lowest BCUT2D eigenvalue weighted by Crippen LogP contribution is -2.34. The lowest BCUT2D eigenvalue weighted by molar-refractivity contribution is 0.667. The van der Waals surface area contributed by atoms with Crippen molar-refractivity contribution in [2.24, 2.45) is 10.7 Å². The molecular formula is C8H15N5. The molecule has 1 aliphatic carbocycles. The predicted octanol–water partition coefficient (Wildman–Crippen LogP) is 0.809. The highest BCUT2D eigenvalue weighted by Gasteiger charge is 2.07. The number of hydrogen-bond acceptors (Lipinski definition) is 2. The Morgan fingerprint density at radius 1 is 1.23 bits per heavy atom. The summed E-state index contributed by atoms with van der Waals surface area (Å²) in [5.74, 6) is -0.255. The van der Waals surface area contributed by atoms with Crippen LogP contribution in [0.4, 0.5) is 0 Å². The van der Waals surface area contributed by atoms with Crippen LogP contribution >= 0.6 is 0 Å². The van der Waals surface area contributed by atoms with Crippen molar-refractivity contribution < 1.29 is 0 Å². The van der Waals surface area contributed by atoms with Crippen molar-refractivity contribution >= 4 is 17.6 Å². The molecule has 0 heterocycles. The van der Waals surface area contributed by atoms with Crippen LogP contribution in [0.15, 0.2) is 4.99 Å². The molecule has 0 bridgehead atoms. The molecule has 5 heteroatoms. The summed E-state index contributed by atoms with van der Waals surface area (Å²) in [6.07, 6.45) is 5.52. The minimum atomic E-state index is -0.231. The van der Waals surface area contributed by atoms with Crippen molar-refractivity contribution in [2.75, 3.05) is 0 Å². The van der Waals surface area contributed by atoms with E-state index in [9.17, 15) is 0 Å². The Labute approximate surface area is 77.4 Å². The highest BCUT2D eigenvalue weighted by molar-refractivity contribution is 6.02. The molecular weight excluding hydrogens is 166 g/mol. The molecule has 1 fully saturated rings. The third kappa shape index (κ3) is 3.68. The topological polar surface area (TPSA) is 98.1 Å². The Morgan fingerprint density at radius 2 is 1.85 bits per heavy atom. The van der Waals surface area contributed by atoms with Crippen LogP contribution in [0.2, 0.25) is 0 Å². The molecule has 0 saturated heterocycles. The first-order valence-corrected chi connectivity index (χ1v) is 4.44. The summed E-state index contributed by atoms with van der Waals surface area (Å²) in [7, 11) is 0. The van der Waals surface area contributed by atoms with Gasteiger partial charge in [0.15, 0.2) is 5.96 Å². The molecule has 0 amide bonds. The lowest BCUT2D eigenvalue weighted by atomic mass is 9.99. The number of hydrogen-bond donors (Lipinski definition) is 4. The molecule has 1 rings (SSSR count). The minimum Gasteiger partial charge on any atom is -0.370 e. The highest BCUT2D eigenvalue weighted by Crippen LogP contribution is 2.14. The molecule has 1 saturated carbocycles. The Morgan fingerprint density at radius 3 is 2.38 bits per heavy atom. The summed E-state index contributed by atoms with van der Waals surface area (Å²) < 4.78 is 0. The zero-order chi connectivity index (χ0) is 9.68. The van der Waals surface area contributed by atoms with E-state index in [2.05, 4.69) is 10.3 Å². The van der Waals surface area contributed by atoms with Gasteiger partial charge < -0.3 is 5.73 Å². The van der Waals surface area contributed by atoms with Crippen molar-refractivity contribution in [2.45, 2.75) is 32.1 Å². The molecule has 0 aromatic heterocycles. The Kier molecular flexibility index (Phi) is 3.42. The van der Waals surface area contributed by atoms with Gasteiger partial charge in [0.2, 0.25) is 5.96 Å². The zero-order valence-electron chi connectivity index (χ0n) is 7.56. The van der Waals surface area contributed by atoms with Crippen LogP contribution in [-0.4, -0.2) is 17.6 Å². The van der Waals surface area contributed by atoms with Crippen LogP contribution in [0.3, 0.4) is 0 Å². The van der Waals surface area contributed by atoms with Crippen LogP contribution < -0.4 is 11.1 Å². The second-order valence-corrected chi connectivity index (χ2v) is 3.13. The van der Waals surface area contributed by atoms with Gasteiger partial charge in [-0.25, -0.2) is 4.99 Å². The van der Waals surface area contributed by atoms with Crippen molar-refractivity contribution in [1.82, 2.24) is 5.32 Å². The summed E-state index contributed by atoms with van der Waals surface area (Å²) in [6, 6.07) is 0. The Hall–Kier alpha value is -1.39. The standard InChI is InChI=1S/C8H15N5/c9-7(10)13-8(11)12-6-4-2-1-3-5-6/h1-5H2,(H5,9,10,11,13). The molecule has 0 aliphatic heterocycles. The molecule has 1 aliphatic rings. The van der Waals surface area contributed by atoms with Gasteiger partial charge in [-0.3, -0.25) is 16.1 Å². The zero-order valence-corrected chi connectivity index (χ0v) is 7.56. The van der Waals surface area contributed by atoms with E-state index in [-0.39, 0.29) is 11.9 Å². The lowest BCUT2D eigenvalue weighted by Gasteiger charge is -2.12. The maximum absolute atomic E-state index is 7.34. The van der Waals surface area contributed by atoms with Gasteiger partial charge in [0.05, 0.1) is 0 Å². The first-order valence-electron chi connectivity index (χ1n) is 4.44. The van der Waals surface area contributed by atoms with E-state index >= 15 is 0 Å². The molecule has 0 atom stereocenters. The molecule has 0 unspecified atom stereocenters. The van der Waals surface area contributed by atoms with E-state index in [1.165, 1.54) is 6.42 Å². The number of aliphatic imine (C=N–C) groups is 1. The van der Waals surface area contributed by atoms with Gasteiger partial charge in [0.1, 0.15) is 0 Å². The normalized spacial score (nSPS) is 16.5. The van der Waals surface area contributed by atoms with Crippen molar-refractivity contribution in [3.63, 3.8) is 0 Å². The number of nitrogens with one attached hydrogen (secondary N) is 3. The fraction of sp³-hybridized carbons (Fsp3) is 0.625. The Bertz CT molecular complexity index is 235. The molecule has 0 radical (unpaired) electrons.